The van der Waals surface area contributed by atoms with Gasteiger partial charge in [-0.05, 0) is 42.0 Å². The summed E-state index contributed by atoms with van der Waals surface area (Å²) >= 11 is 6.20. The van der Waals surface area contributed by atoms with E-state index in [0.29, 0.717) is 16.7 Å². The van der Waals surface area contributed by atoms with Gasteiger partial charge in [-0.2, -0.15) is 5.10 Å². The molecule has 6 nitrogen and oxygen atoms in total. The van der Waals surface area contributed by atoms with E-state index in [1.807, 2.05) is 66.7 Å². The SMILES string of the molecule is Clc1ccc2nc(NN=Cc3ccc4c(c3)OCO4)nc(-c3ccccc3)c2c1. The summed E-state index contributed by atoms with van der Waals surface area (Å²) in [4.78, 5) is 9.21. The summed E-state index contributed by atoms with van der Waals surface area (Å²) in [5.41, 5.74) is 6.34. The monoisotopic (exact) mass is 402 g/mol. The number of ether oxygens (including phenoxy) is 2. The van der Waals surface area contributed by atoms with Crippen molar-refractivity contribution in [3.8, 4) is 22.8 Å². The van der Waals surface area contributed by atoms with Crippen LogP contribution in [0.3, 0.4) is 0 Å². The third-order valence-corrected chi connectivity index (χ3v) is 4.71. The Labute approximate surface area is 171 Å². The maximum absolute atomic E-state index is 6.20. The Morgan fingerprint density at radius 3 is 2.69 bits per heavy atom. The van der Waals surface area contributed by atoms with E-state index in [4.69, 9.17) is 21.1 Å². The Hall–Kier alpha value is -3.64. The average Bonchev–Trinajstić information content (AvgIpc) is 3.22. The van der Waals surface area contributed by atoms with Crippen molar-refractivity contribution in [3.63, 3.8) is 0 Å². The van der Waals surface area contributed by atoms with Crippen molar-refractivity contribution >= 4 is 34.7 Å². The fourth-order valence-corrected chi connectivity index (χ4v) is 3.30. The number of hydrazone groups is 1. The topological polar surface area (TPSA) is 68.6 Å². The molecule has 0 fully saturated rings. The number of halogens is 1. The lowest BCUT2D eigenvalue weighted by molar-refractivity contribution is 0.174. The molecule has 2 heterocycles. The van der Waals surface area contributed by atoms with Crippen LogP contribution in [0, 0.1) is 0 Å². The predicted octanol–water partition coefficient (Wildman–Crippen LogP) is 5.12. The van der Waals surface area contributed by atoms with Crippen LogP contribution >= 0.6 is 11.6 Å². The van der Waals surface area contributed by atoms with Crippen molar-refractivity contribution in [3.05, 3.63) is 77.3 Å². The molecule has 0 amide bonds. The third kappa shape index (κ3) is 3.58. The van der Waals surface area contributed by atoms with Crippen LogP contribution in [0.15, 0.2) is 71.8 Å². The summed E-state index contributed by atoms with van der Waals surface area (Å²) in [6.45, 7) is 0.241. The van der Waals surface area contributed by atoms with Gasteiger partial charge in [-0.1, -0.05) is 41.9 Å². The molecule has 0 aliphatic carbocycles. The molecule has 1 N–H and O–H groups in total. The maximum atomic E-state index is 6.20. The minimum atomic E-state index is 0.241. The first kappa shape index (κ1) is 17.5. The Morgan fingerprint density at radius 2 is 1.79 bits per heavy atom. The van der Waals surface area contributed by atoms with Gasteiger partial charge in [0.2, 0.25) is 12.7 Å². The number of fused-ring (bicyclic) bond motifs is 2. The summed E-state index contributed by atoms with van der Waals surface area (Å²) in [6.07, 6.45) is 1.68. The van der Waals surface area contributed by atoms with Gasteiger partial charge in [-0.25, -0.2) is 15.4 Å². The minimum Gasteiger partial charge on any atom is -0.454 e. The highest BCUT2D eigenvalue weighted by Crippen LogP contribution is 2.32. The van der Waals surface area contributed by atoms with Crippen molar-refractivity contribution in [1.29, 1.82) is 0 Å². The summed E-state index contributed by atoms with van der Waals surface area (Å²) in [6, 6.07) is 21.1. The first-order valence-electron chi connectivity index (χ1n) is 8.98. The van der Waals surface area contributed by atoms with Crippen LogP contribution in [0.4, 0.5) is 5.95 Å². The number of nitrogens with one attached hydrogen (secondary N) is 1. The quantitative estimate of drug-likeness (QED) is 0.379. The molecule has 0 saturated heterocycles. The third-order valence-electron chi connectivity index (χ3n) is 4.48. The van der Waals surface area contributed by atoms with Crippen LogP contribution in [0.1, 0.15) is 5.56 Å². The van der Waals surface area contributed by atoms with Crippen molar-refractivity contribution in [2.45, 2.75) is 0 Å². The highest BCUT2D eigenvalue weighted by Gasteiger charge is 2.13. The van der Waals surface area contributed by atoms with Crippen molar-refractivity contribution in [2.24, 2.45) is 5.10 Å². The minimum absolute atomic E-state index is 0.241. The molecule has 142 valence electrons. The van der Waals surface area contributed by atoms with Gasteiger partial charge < -0.3 is 9.47 Å². The molecular formula is C22H15ClN4O2. The molecule has 4 aromatic rings. The number of anilines is 1. The largest absolute Gasteiger partial charge is 0.454 e. The molecule has 0 atom stereocenters. The van der Waals surface area contributed by atoms with E-state index in [2.05, 4.69) is 20.5 Å². The average molecular weight is 403 g/mol. The van der Waals surface area contributed by atoms with Gasteiger partial charge in [0.1, 0.15) is 0 Å². The molecule has 29 heavy (non-hydrogen) atoms. The van der Waals surface area contributed by atoms with E-state index in [-0.39, 0.29) is 6.79 Å². The molecule has 3 aromatic carbocycles. The van der Waals surface area contributed by atoms with E-state index >= 15 is 0 Å². The highest BCUT2D eigenvalue weighted by molar-refractivity contribution is 6.31. The zero-order chi connectivity index (χ0) is 19.6. The Bertz CT molecular complexity index is 1230. The van der Waals surface area contributed by atoms with E-state index in [9.17, 15) is 0 Å². The summed E-state index contributed by atoms with van der Waals surface area (Å²) < 4.78 is 10.7. The first-order valence-corrected chi connectivity index (χ1v) is 9.35. The maximum Gasteiger partial charge on any atom is 0.244 e. The lowest BCUT2D eigenvalue weighted by atomic mass is 10.1. The lowest BCUT2D eigenvalue weighted by Crippen LogP contribution is -2.00. The number of hydrogen-bond acceptors (Lipinski definition) is 6. The molecule has 1 aromatic heterocycles. The van der Waals surface area contributed by atoms with Crippen molar-refractivity contribution < 1.29 is 9.47 Å². The molecule has 0 spiro atoms. The van der Waals surface area contributed by atoms with Crippen LogP contribution in [0.2, 0.25) is 5.02 Å². The molecule has 0 unspecified atom stereocenters. The summed E-state index contributed by atoms with van der Waals surface area (Å²) in [7, 11) is 0. The molecule has 0 saturated carbocycles. The smallest absolute Gasteiger partial charge is 0.244 e. The summed E-state index contributed by atoms with van der Waals surface area (Å²) in [5, 5.41) is 5.80. The Balaban J connectivity index is 1.48. The van der Waals surface area contributed by atoms with E-state index in [1.165, 1.54) is 0 Å². The van der Waals surface area contributed by atoms with Gasteiger partial charge >= 0.3 is 0 Å². The van der Waals surface area contributed by atoms with Crippen LogP contribution < -0.4 is 14.9 Å². The zero-order valence-corrected chi connectivity index (χ0v) is 15.9. The predicted molar refractivity (Wildman–Crippen MR) is 114 cm³/mol. The van der Waals surface area contributed by atoms with Gasteiger partial charge in [0.15, 0.2) is 11.5 Å². The number of nitrogens with zero attached hydrogens (tertiary/aromatic N) is 3. The van der Waals surface area contributed by atoms with E-state index in [1.54, 1.807) is 6.21 Å². The first-order chi connectivity index (χ1) is 14.3. The van der Waals surface area contributed by atoms with E-state index < -0.39 is 0 Å². The molecule has 5 rings (SSSR count). The number of hydrogen-bond donors (Lipinski definition) is 1. The van der Waals surface area contributed by atoms with Crippen LogP contribution in [0.5, 0.6) is 11.5 Å². The number of aromatic nitrogens is 2. The Morgan fingerprint density at radius 1 is 0.931 bits per heavy atom. The van der Waals surface area contributed by atoms with Gasteiger partial charge in [0, 0.05) is 16.0 Å². The second-order valence-electron chi connectivity index (χ2n) is 6.41. The molecule has 7 heteroatoms. The standard InChI is InChI=1S/C22H15ClN4O2/c23-16-7-8-18-17(11-16)21(15-4-2-1-3-5-15)26-22(25-18)27-24-12-14-6-9-19-20(10-14)29-13-28-19/h1-12H,13H2,(H,25,26,27). The van der Waals surface area contributed by atoms with Gasteiger partial charge in [0.05, 0.1) is 17.4 Å². The zero-order valence-electron chi connectivity index (χ0n) is 15.2. The van der Waals surface area contributed by atoms with Crippen molar-refractivity contribution in [1.82, 2.24) is 9.97 Å². The second-order valence-corrected chi connectivity index (χ2v) is 6.84. The fraction of sp³-hybridized carbons (Fsp3) is 0.0455. The van der Waals surface area contributed by atoms with Crippen molar-refractivity contribution in [2.75, 3.05) is 12.2 Å². The van der Waals surface area contributed by atoms with Crippen LogP contribution in [0.25, 0.3) is 22.2 Å². The normalized spacial score (nSPS) is 12.6. The van der Waals surface area contributed by atoms with Crippen LogP contribution in [-0.2, 0) is 0 Å². The highest BCUT2D eigenvalue weighted by atomic mass is 35.5. The molecular weight excluding hydrogens is 388 g/mol. The van der Waals surface area contributed by atoms with Crippen LogP contribution in [-0.4, -0.2) is 23.0 Å². The van der Waals surface area contributed by atoms with Gasteiger partial charge in [0.25, 0.3) is 0 Å². The molecule has 1 aliphatic rings. The second kappa shape index (κ2) is 7.41. The van der Waals surface area contributed by atoms with Gasteiger partial charge in [-0.3, -0.25) is 0 Å². The summed E-state index contributed by atoms with van der Waals surface area (Å²) in [5.74, 6) is 1.84. The number of benzene rings is 3. The number of rotatable bonds is 4. The molecule has 0 bridgehead atoms. The Kier molecular flexibility index (Phi) is 4.46. The molecule has 0 radical (unpaired) electrons. The molecule has 1 aliphatic heterocycles. The fourth-order valence-electron chi connectivity index (χ4n) is 3.12. The lowest BCUT2D eigenvalue weighted by Gasteiger charge is -2.09. The van der Waals surface area contributed by atoms with Gasteiger partial charge in [-0.15, -0.1) is 0 Å². The van der Waals surface area contributed by atoms with E-state index in [0.717, 1.165) is 33.5 Å².